The lowest BCUT2D eigenvalue weighted by Crippen LogP contribution is -2.40. The smallest absolute Gasteiger partial charge is 0.309 e. The predicted molar refractivity (Wildman–Crippen MR) is 57.3 cm³/mol. The van der Waals surface area contributed by atoms with Gasteiger partial charge < -0.3 is 10.6 Å². The molecule has 0 spiro atoms. The topological polar surface area (TPSA) is 58.2 Å². The number of hydrogen-bond acceptors (Lipinski definition) is 3. The van der Waals surface area contributed by atoms with E-state index in [0.717, 1.165) is 17.7 Å². The van der Waals surface area contributed by atoms with Crippen LogP contribution in [0.2, 0.25) is 0 Å². The van der Waals surface area contributed by atoms with Crippen LogP contribution in [-0.4, -0.2) is 17.9 Å². The van der Waals surface area contributed by atoms with Gasteiger partial charge in [-0.15, -0.1) is 11.3 Å². The molecule has 1 aromatic rings. The fourth-order valence-electron chi connectivity index (χ4n) is 1.14. The van der Waals surface area contributed by atoms with Crippen molar-refractivity contribution in [1.29, 1.82) is 0 Å². The average Bonchev–Trinajstić information content (AvgIpc) is 2.88. The molecular formula is C10H12N2O2S. The van der Waals surface area contributed by atoms with Crippen molar-refractivity contribution in [2.45, 2.75) is 25.4 Å². The van der Waals surface area contributed by atoms with Gasteiger partial charge in [0.05, 0.1) is 6.54 Å². The molecule has 1 aliphatic rings. The van der Waals surface area contributed by atoms with E-state index in [1.807, 2.05) is 17.5 Å². The maximum Gasteiger partial charge on any atom is 0.309 e. The Morgan fingerprint density at radius 3 is 2.80 bits per heavy atom. The number of rotatable bonds is 3. The second kappa shape index (κ2) is 4.44. The number of nitrogens with one attached hydrogen (secondary N) is 2. The Bertz CT molecular complexity index is 358. The van der Waals surface area contributed by atoms with Crippen LogP contribution >= 0.6 is 11.3 Å². The Labute approximate surface area is 91.7 Å². The highest BCUT2D eigenvalue weighted by atomic mass is 32.1. The largest absolute Gasteiger partial charge is 0.345 e. The molecule has 0 unspecified atom stereocenters. The average molecular weight is 224 g/mol. The zero-order chi connectivity index (χ0) is 10.7. The third-order valence-corrected chi connectivity index (χ3v) is 3.00. The summed E-state index contributed by atoms with van der Waals surface area (Å²) < 4.78 is 0. The minimum absolute atomic E-state index is 0.227. The maximum absolute atomic E-state index is 11.3. The standard InChI is InChI=1S/C10H12N2O2S/c13-9(10(14)12-7-3-4-7)11-6-8-2-1-5-15-8/h1-2,5,7H,3-4,6H2,(H,11,13)(H,12,14). The molecule has 80 valence electrons. The molecule has 15 heavy (non-hydrogen) atoms. The quantitative estimate of drug-likeness (QED) is 0.740. The van der Waals surface area contributed by atoms with Gasteiger partial charge in [-0.2, -0.15) is 0 Å². The molecule has 1 fully saturated rings. The lowest BCUT2D eigenvalue weighted by atomic mass is 10.4. The summed E-state index contributed by atoms with van der Waals surface area (Å²) >= 11 is 1.56. The monoisotopic (exact) mass is 224 g/mol. The number of carbonyl (C=O) groups is 2. The minimum atomic E-state index is -0.546. The molecular weight excluding hydrogens is 212 g/mol. The van der Waals surface area contributed by atoms with Gasteiger partial charge >= 0.3 is 11.8 Å². The summed E-state index contributed by atoms with van der Waals surface area (Å²) in [6.45, 7) is 0.425. The number of carbonyl (C=O) groups excluding carboxylic acids is 2. The predicted octanol–water partition coefficient (Wildman–Crippen LogP) is 0.643. The van der Waals surface area contributed by atoms with Gasteiger partial charge in [-0.3, -0.25) is 9.59 Å². The Kier molecular flexibility index (Phi) is 3.01. The van der Waals surface area contributed by atoms with Gasteiger partial charge in [0.15, 0.2) is 0 Å². The molecule has 1 aromatic heterocycles. The van der Waals surface area contributed by atoms with Crippen molar-refractivity contribution in [2.24, 2.45) is 0 Å². The molecule has 4 nitrogen and oxygen atoms in total. The molecule has 5 heteroatoms. The van der Waals surface area contributed by atoms with Crippen LogP contribution in [0.25, 0.3) is 0 Å². The number of amides is 2. The normalized spacial score (nSPS) is 14.7. The molecule has 0 atom stereocenters. The van der Waals surface area contributed by atoms with Crippen LogP contribution in [0.1, 0.15) is 17.7 Å². The van der Waals surface area contributed by atoms with E-state index >= 15 is 0 Å². The summed E-state index contributed by atoms with van der Waals surface area (Å²) in [5.74, 6) is -1.07. The van der Waals surface area contributed by atoms with E-state index < -0.39 is 11.8 Å². The molecule has 0 aliphatic heterocycles. The first kappa shape index (κ1) is 10.2. The summed E-state index contributed by atoms with van der Waals surface area (Å²) in [6.07, 6.45) is 1.98. The van der Waals surface area contributed by atoms with Crippen molar-refractivity contribution < 1.29 is 9.59 Å². The number of hydrogen-bond donors (Lipinski definition) is 2. The van der Waals surface area contributed by atoms with Crippen molar-refractivity contribution in [3.05, 3.63) is 22.4 Å². The lowest BCUT2D eigenvalue weighted by molar-refractivity contribution is -0.139. The fourth-order valence-corrected chi connectivity index (χ4v) is 1.78. The first-order chi connectivity index (χ1) is 7.25. The van der Waals surface area contributed by atoms with Crippen LogP contribution in [0.3, 0.4) is 0 Å². The van der Waals surface area contributed by atoms with E-state index in [-0.39, 0.29) is 6.04 Å². The molecule has 2 amide bonds. The van der Waals surface area contributed by atoms with Crippen LogP contribution in [-0.2, 0) is 16.1 Å². The van der Waals surface area contributed by atoms with E-state index in [1.165, 1.54) is 0 Å². The molecule has 1 aliphatic carbocycles. The van der Waals surface area contributed by atoms with Gasteiger partial charge in [0.1, 0.15) is 0 Å². The fraction of sp³-hybridized carbons (Fsp3) is 0.400. The van der Waals surface area contributed by atoms with E-state index in [2.05, 4.69) is 10.6 Å². The third-order valence-electron chi connectivity index (χ3n) is 2.12. The van der Waals surface area contributed by atoms with Crippen LogP contribution in [0, 0.1) is 0 Å². The second-order valence-corrected chi connectivity index (χ2v) is 4.54. The van der Waals surface area contributed by atoms with Gasteiger partial charge in [-0.1, -0.05) is 6.07 Å². The van der Waals surface area contributed by atoms with E-state index in [1.54, 1.807) is 11.3 Å². The van der Waals surface area contributed by atoms with E-state index in [9.17, 15) is 9.59 Å². The summed E-state index contributed by atoms with van der Waals surface area (Å²) in [5, 5.41) is 7.15. The molecule has 2 N–H and O–H groups in total. The molecule has 0 saturated heterocycles. The molecule has 0 aromatic carbocycles. The van der Waals surface area contributed by atoms with E-state index in [0.29, 0.717) is 6.54 Å². The summed E-state index contributed by atoms with van der Waals surface area (Å²) in [5.41, 5.74) is 0. The first-order valence-electron chi connectivity index (χ1n) is 4.87. The van der Waals surface area contributed by atoms with Crippen LogP contribution in [0.15, 0.2) is 17.5 Å². The van der Waals surface area contributed by atoms with E-state index in [4.69, 9.17) is 0 Å². The SMILES string of the molecule is O=C(NCc1cccs1)C(=O)NC1CC1. The second-order valence-electron chi connectivity index (χ2n) is 3.51. The van der Waals surface area contributed by atoms with Gasteiger partial charge in [-0.25, -0.2) is 0 Å². The zero-order valence-corrected chi connectivity index (χ0v) is 8.97. The van der Waals surface area contributed by atoms with Crippen molar-refractivity contribution in [1.82, 2.24) is 10.6 Å². The zero-order valence-electron chi connectivity index (χ0n) is 8.16. The summed E-state index contributed by atoms with van der Waals surface area (Å²) in [4.78, 5) is 23.6. The molecule has 0 radical (unpaired) electrons. The highest BCUT2D eigenvalue weighted by molar-refractivity contribution is 7.09. The maximum atomic E-state index is 11.3. The molecule has 1 heterocycles. The highest BCUT2D eigenvalue weighted by Crippen LogP contribution is 2.18. The lowest BCUT2D eigenvalue weighted by Gasteiger charge is -2.03. The van der Waals surface area contributed by atoms with Crippen molar-refractivity contribution in [2.75, 3.05) is 0 Å². The third kappa shape index (κ3) is 3.06. The Morgan fingerprint density at radius 2 is 2.20 bits per heavy atom. The van der Waals surface area contributed by atoms with Crippen molar-refractivity contribution in [3.63, 3.8) is 0 Å². The molecule has 1 saturated carbocycles. The molecule has 0 bridgehead atoms. The van der Waals surface area contributed by atoms with Gasteiger partial charge in [-0.05, 0) is 24.3 Å². The minimum Gasteiger partial charge on any atom is -0.345 e. The molecule has 2 rings (SSSR count). The van der Waals surface area contributed by atoms with Gasteiger partial charge in [0.25, 0.3) is 0 Å². The highest BCUT2D eigenvalue weighted by Gasteiger charge is 2.26. The van der Waals surface area contributed by atoms with Crippen molar-refractivity contribution >= 4 is 23.2 Å². The van der Waals surface area contributed by atoms with Gasteiger partial charge in [0, 0.05) is 10.9 Å². The summed E-state index contributed by atoms with van der Waals surface area (Å²) in [7, 11) is 0. The number of thiophene rings is 1. The summed E-state index contributed by atoms with van der Waals surface area (Å²) in [6, 6.07) is 4.06. The Balaban J connectivity index is 1.73. The van der Waals surface area contributed by atoms with Crippen LogP contribution in [0.4, 0.5) is 0 Å². The van der Waals surface area contributed by atoms with Gasteiger partial charge in [0.2, 0.25) is 0 Å². The van der Waals surface area contributed by atoms with Crippen LogP contribution in [0.5, 0.6) is 0 Å². The first-order valence-corrected chi connectivity index (χ1v) is 5.75. The van der Waals surface area contributed by atoms with Crippen molar-refractivity contribution in [3.8, 4) is 0 Å². The Hall–Kier alpha value is -1.36. The van der Waals surface area contributed by atoms with Crippen LogP contribution < -0.4 is 10.6 Å². The Morgan fingerprint density at radius 1 is 1.40 bits per heavy atom.